The number of fused-ring (bicyclic) bond motifs is 2. The minimum Gasteiger partial charge on any atom is -0.382 e. The molecule has 0 atom stereocenters. The van der Waals surface area contributed by atoms with Gasteiger partial charge in [0.15, 0.2) is 11.3 Å². The number of imidazole rings is 2. The number of nitrogens with zero attached hydrogens (tertiary/aromatic N) is 6. The third-order valence-corrected chi connectivity index (χ3v) is 12.0. The third kappa shape index (κ3) is 12.2. The molecule has 4 heterocycles. The van der Waals surface area contributed by atoms with Gasteiger partial charge in [0.2, 0.25) is 0 Å². The summed E-state index contributed by atoms with van der Waals surface area (Å²) in [5.74, 6) is -0.572. The number of aromatic nitrogens is 6. The van der Waals surface area contributed by atoms with Gasteiger partial charge in [0, 0.05) is 52.3 Å². The minimum atomic E-state index is -4.30. The Kier molecular flexibility index (Phi) is 13.8. The maximum absolute atomic E-state index is 13.3. The highest BCUT2D eigenvalue weighted by Gasteiger charge is 2.29. The number of hydrogen-bond acceptors (Lipinski definition) is 9. The van der Waals surface area contributed by atoms with E-state index in [0.29, 0.717) is 54.8 Å². The van der Waals surface area contributed by atoms with Crippen molar-refractivity contribution in [3.63, 3.8) is 0 Å². The van der Waals surface area contributed by atoms with Crippen molar-refractivity contribution in [2.24, 2.45) is 0 Å². The number of anilines is 2. The number of carbonyl (C=O) groups excluding carboxylic acids is 2. The number of hydrogen-bond donors (Lipinski definition) is 4. The Hall–Kier alpha value is -6.22. The van der Waals surface area contributed by atoms with Crippen LogP contribution in [-0.2, 0) is 0 Å². The average Bonchev–Trinajstić information content (AvgIpc) is 4.17. The number of benzene rings is 3. The first-order valence-corrected chi connectivity index (χ1v) is 22.8. The molecule has 0 spiro atoms. The Labute approximate surface area is 391 Å². The van der Waals surface area contributed by atoms with E-state index in [1.54, 1.807) is 63.9 Å². The average molecular weight is 1010 g/mol. The van der Waals surface area contributed by atoms with Crippen molar-refractivity contribution in [3.8, 4) is 22.5 Å². The monoisotopic (exact) mass is 1010 g/mol. The van der Waals surface area contributed by atoms with Crippen LogP contribution in [0.25, 0.3) is 33.8 Å². The Balaban J connectivity index is 0.000000186. The highest BCUT2D eigenvalue weighted by molar-refractivity contribution is 9.10. The molecule has 350 valence electrons. The van der Waals surface area contributed by atoms with Crippen molar-refractivity contribution in [1.82, 2.24) is 39.8 Å². The lowest BCUT2D eigenvalue weighted by atomic mass is 10.0. The summed E-state index contributed by atoms with van der Waals surface area (Å²) in [6, 6.07) is 20.5. The van der Waals surface area contributed by atoms with E-state index in [2.05, 4.69) is 57.4 Å². The van der Waals surface area contributed by atoms with Crippen LogP contribution in [0.3, 0.4) is 0 Å². The van der Waals surface area contributed by atoms with Gasteiger partial charge in [0.05, 0.1) is 48.0 Å². The fourth-order valence-corrected chi connectivity index (χ4v) is 8.23. The van der Waals surface area contributed by atoms with Gasteiger partial charge >= 0.3 is 12.4 Å². The predicted molar refractivity (Wildman–Crippen MR) is 244 cm³/mol. The zero-order valence-corrected chi connectivity index (χ0v) is 38.2. The normalized spacial score (nSPS) is 13.9. The highest BCUT2D eigenvalue weighted by Crippen LogP contribution is 2.34. The van der Waals surface area contributed by atoms with Crippen LogP contribution in [0, 0.1) is 19.7 Å². The summed E-state index contributed by atoms with van der Waals surface area (Å²) in [5.41, 5.74) is 7.28. The van der Waals surface area contributed by atoms with Crippen LogP contribution in [-0.4, -0.2) is 78.5 Å². The zero-order chi connectivity index (χ0) is 47.6. The van der Waals surface area contributed by atoms with Gasteiger partial charge in [0.25, 0.3) is 11.8 Å². The number of rotatable bonds is 14. The van der Waals surface area contributed by atoms with Gasteiger partial charge in [-0.3, -0.25) is 9.59 Å². The van der Waals surface area contributed by atoms with Crippen molar-refractivity contribution in [3.05, 3.63) is 118 Å². The van der Waals surface area contributed by atoms with Crippen LogP contribution in [0.2, 0.25) is 0 Å². The third-order valence-electron chi connectivity index (χ3n) is 10.7. The lowest BCUT2D eigenvalue weighted by Crippen LogP contribution is -2.26. The SMILES string of the molecule is Cc1cc(-c2cnc3c(NCCC(F)(F)F)cc(Br)nn23)ccc1C(=O)NC1CC1.Cc1cc(-c2cnc3c(NCCC(F)(F)F)cc(Sc4ccc(F)cc4)nn23)ccc1C(=O)NC1CC1. The lowest BCUT2D eigenvalue weighted by molar-refractivity contribution is -0.132. The Morgan fingerprint density at radius 2 is 1.13 bits per heavy atom. The summed E-state index contributed by atoms with van der Waals surface area (Å²) in [7, 11) is 0. The largest absolute Gasteiger partial charge is 0.390 e. The second-order valence-electron chi connectivity index (χ2n) is 16.2. The van der Waals surface area contributed by atoms with E-state index in [1.807, 2.05) is 32.0 Å². The predicted octanol–water partition coefficient (Wildman–Crippen LogP) is 11.0. The second-order valence-corrected chi connectivity index (χ2v) is 18.1. The van der Waals surface area contributed by atoms with Crippen LogP contribution in [0.1, 0.15) is 70.4 Å². The number of halogens is 8. The molecule has 3 aromatic carbocycles. The van der Waals surface area contributed by atoms with E-state index in [4.69, 9.17) is 0 Å². The molecule has 0 aliphatic heterocycles. The van der Waals surface area contributed by atoms with Gasteiger partial charge in [-0.05, 0) is 127 Å². The van der Waals surface area contributed by atoms with Crippen molar-refractivity contribution in [2.45, 2.75) is 86.7 Å². The first-order valence-electron chi connectivity index (χ1n) is 21.2. The van der Waals surface area contributed by atoms with Crippen LogP contribution < -0.4 is 21.3 Å². The molecule has 21 heteroatoms. The maximum atomic E-state index is 13.3. The number of amides is 2. The van der Waals surface area contributed by atoms with Crippen LogP contribution in [0.5, 0.6) is 0 Å². The fourth-order valence-electron chi connectivity index (χ4n) is 7.03. The number of carbonyl (C=O) groups is 2. The number of nitrogens with one attached hydrogen (secondary N) is 4. The van der Waals surface area contributed by atoms with Gasteiger partial charge in [-0.15, -0.1) is 0 Å². The van der Waals surface area contributed by atoms with Crippen LogP contribution in [0.15, 0.2) is 99.7 Å². The van der Waals surface area contributed by atoms with Crippen molar-refractivity contribution >= 4 is 62.2 Å². The molecule has 67 heavy (non-hydrogen) atoms. The van der Waals surface area contributed by atoms with Gasteiger partial charge in [-0.1, -0.05) is 23.9 Å². The smallest absolute Gasteiger partial charge is 0.382 e. The van der Waals surface area contributed by atoms with E-state index in [9.17, 15) is 40.3 Å². The van der Waals surface area contributed by atoms with Gasteiger partial charge in [0.1, 0.15) is 15.4 Å². The molecule has 2 aliphatic carbocycles. The molecule has 4 aromatic heterocycles. The molecule has 12 nitrogen and oxygen atoms in total. The maximum Gasteiger partial charge on any atom is 0.390 e. The first kappa shape index (κ1) is 47.3. The van der Waals surface area contributed by atoms with Crippen LogP contribution in [0.4, 0.5) is 42.1 Å². The Morgan fingerprint density at radius 1 is 0.672 bits per heavy atom. The fraction of sp³-hybridized carbons (Fsp3) is 0.304. The lowest BCUT2D eigenvalue weighted by Gasteiger charge is -2.13. The standard InChI is InChI=1S/C26H23F4N5OS.C20H19BrF3N5O/c1-15-12-16(2-9-20(15)25(36)33-18-5-6-18)22-14-32-24-21(31-11-10-26(28,29)30)13-23(34-35(22)24)37-19-7-3-17(27)4-8-19;1-11-8-12(2-5-14(11)19(30)27-13-3-4-13)16-10-26-18-15(9-17(21)28-29(16)18)25-7-6-20(22,23)24/h2-4,7-9,12-14,18,31H,5-6,10-11H2,1H3,(H,33,36);2,5,8-10,13,25H,3-4,6-7H2,1H3,(H,27,30). The van der Waals surface area contributed by atoms with E-state index in [0.717, 1.165) is 52.8 Å². The molecule has 0 radical (unpaired) electrons. The first-order chi connectivity index (χ1) is 31.9. The summed E-state index contributed by atoms with van der Waals surface area (Å²) in [6.45, 7) is 3.13. The van der Waals surface area contributed by atoms with E-state index < -0.39 is 25.2 Å². The summed E-state index contributed by atoms with van der Waals surface area (Å²) in [5, 5.41) is 21.1. The highest BCUT2D eigenvalue weighted by atomic mass is 79.9. The Morgan fingerprint density at radius 3 is 1.58 bits per heavy atom. The van der Waals surface area contributed by atoms with E-state index in [1.165, 1.54) is 23.9 Å². The molecule has 4 N–H and O–H groups in total. The summed E-state index contributed by atoms with van der Waals surface area (Å²) >= 11 is 4.56. The quantitative estimate of drug-likeness (QED) is 0.0783. The van der Waals surface area contributed by atoms with E-state index >= 15 is 0 Å². The van der Waals surface area contributed by atoms with Gasteiger partial charge in [-0.25, -0.2) is 23.4 Å². The molecule has 2 fully saturated rings. The molecular formula is C46H42BrF7N10O2S. The van der Waals surface area contributed by atoms with Gasteiger partial charge < -0.3 is 21.3 Å². The molecule has 0 saturated heterocycles. The molecule has 2 saturated carbocycles. The minimum absolute atomic E-state index is 0.0864. The molecular weight excluding hydrogens is 970 g/mol. The van der Waals surface area contributed by atoms with E-state index in [-0.39, 0.29) is 42.8 Å². The topological polar surface area (TPSA) is 143 Å². The number of alkyl halides is 6. The Bertz CT molecular complexity index is 2950. The van der Waals surface area contributed by atoms with Gasteiger partial charge in [-0.2, -0.15) is 36.5 Å². The molecule has 7 aromatic rings. The molecule has 0 unspecified atom stereocenters. The van der Waals surface area contributed by atoms with Crippen LogP contribution >= 0.6 is 27.7 Å². The molecule has 2 amide bonds. The number of aryl methyl sites for hydroxylation is 2. The summed E-state index contributed by atoms with van der Waals surface area (Å²) in [6.07, 6.45) is -3.25. The molecule has 9 rings (SSSR count). The molecule has 0 bridgehead atoms. The van der Waals surface area contributed by atoms with Crippen molar-refractivity contribution in [1.29, 1.82) is 0 Å². The summed E-state index contributed by atoms with van der Waals surface area (Å²) in [4.78, 5) is 34.4. The van der Waals surface area contributed by atoms with Crippen molar-refractivity contribution < 1.29 is 40.3 Å². The summed E-state index contributed by atoms with van der Waals surface area (Å²) < 4.78 is 92.6. The molecule has 2 aliphatic rings. The zero-order valence-electron chi connectivity index (χ0n) is 35.8. The second kappa shape index (κ2) is 19.6. The van der Waals surface area contributed by atoms with Crippen molar-refractivity contribution in [2.75, 3.05) is 23.7 Å².